The van der Waals surface area contributed by atoms with Crippen LogP contribution in [0.3, 0.4) is 0 Å². The molecule has 2 N–H and O–H groups in total. The smallest absolute Gasteiger partial charge is 0.274 e. The van der Waals surface area contributed by atoms with Crippen LogP contribution in [0.2, 0.25) is 0 Å². The minimum atomic E-state index is -0.0911. The van der Waals surface area contributed by atoms with Gasteiger partial charge in [-0.1, -0.05) is 6.92 Å². The molecule has 1 aliphatic rings. The Morgan fingerprint density at radius 2 is 2.25 bits per heavy atom. The van der Waals surface area contributed by atoms with Crippen LogP contribution in [0.1, 0.15) is 23.8 Å². The molecule has 0 radical (unpaired) electrons. The van der Waals surface area contributed by atoms with Gasteiger partial charge in [0, 0.05) is 13.6 Å². The first-order valence-electron chi connectivity index (χ1n) is 5.42. The summed E-state index contributed by atoms with van der Waals surface area (Å²) in [6.45, 7) is 3.00. The lowest BCUT2D eigenvalue weighted by Crippen LogP contribution is -2.30. The number of hydrogen-bond donors (Lipinski definition) is 1. The van der Waals surface area contributed by atoms with Gasteiger partial charge in [0.05, 0.1) is 0 Å². The van der Waals surface area contributed by atoms with Gasteiger partial charge in [-0.25, -0.2) is 0 Å². The van der Waals surface area contributed by atoms with Crippen LogP contribution in [0.25, 0.3) is 0 Å². The Hall–Kier alpha value is -1.65. The first-order valence-corrected chi connectivity index (χ1v) is 5.42. The van der Waals surface area contributed by atoms with E-state index in [2.05, 4.69) is 17.1 Å². The van der Waals surface area contributed by atoms with Crippen molar-refractivity contribution in [2.24, 2.45) is 11.8 Å². The molecule has 5 heteroatoms. The van der Waals surface area contributed by atoms with Crippen LogP contribution in [-0.2, 0) is 0 Å². The zero-order valence-electron chi connectivity index (χ0n) is 9.55. The van der Waals surface area contributed by atoms with Gasteiger partial charge in [-0.3, -0.25) is 4.79 Å². The van der Waals surface area contributed by atoms with E-state index in [9.17, 15) is 4.79 Å². The van der Waals surface area contributed by atoms with E-state index < -0.39 is 0 Å². The first-order chi connectivity index (χ1) is 7.58. The molecule has 1 saturated carbocycles. The number of nitrogens with two attached hydrogens (primary N) is 1. The SMILES string of the molecule is CC1CC1CN(C)C(=O)c1ccc(N)nn1. The molecular weight excluding hydrogens is 204 g/mol. The van der Waals surface area contributed by atoms with Gasteiger partial charge in [0.25, 0.3) is 5.91 Å². The van der Waals surface area contributed by atoms with Crippen molar-refractivity contribution in [3.05, 3.63) is 17.8 Å². The molecule has 2 rings (SSSR count). The fraction of sp³-hybridized carbons (Fsp3) is 0.545. The Morgan fingerprint density at radius 3 is 2.75 bits per heavy atom. The van der Waals surface area contributed by atoms with Crippen LogP contribution in [0, 0.1) is 11.8 Å². The van der Waals surface area contributed by atoms with Crippen molar-refractivity contribution in [3.8, 4) is 0 Å². The molecule has 1 aromatic heterocycles. The number of anilines is 1. The van der Waals surface area contributed by atoms with Crippen molar-refractivity contribution < 1.29 is 4.79 Å². The maximum atomic E-state index is 11.9. The van der Waals surface area contributed by atoms with Gasteiger partial charge < -0.3 is 10.6 Å². The molecule has 0 saturated heterocycles. The number of nitrogen functional groups attached to an aromatic ring is 1. The summed E-state index contributed by atoms with van der Waals surface area (Å²) >= 11 is 0. The fourth-order valence-corrected chi connectivity index (χ4v) is 1.74. The lowest BCUT2D eigenvalue weighted by Gasteiger charge is -2.15. The number of aromatic nitrogens is 2. The second-order valence-corrected chi connectivity index (χ2v) is 4.50. The van der Waals surface area contributed by atoms with Crippen LogP contribution >= 0.6 is 0 Å². The molecule has 0 spiro atoms. The highest BCUT2D eigenvalue weighted by Gasteiger charge is 2.34. The topological polar surface area (TPSA) is 72.1 Å². The third kappa shape index (κ3) is 2.29. The molecule has 1 amide bonds. The van der Waals surface area contributed by atoms with Crippen LogP contribution in [0.5, 0.6) is 0 Å². The molecule has 2 atom stereocenters. The van der Waals surface area contributed by atoms with Crippen LogP contribution in [0.4, 0.5) is 5.82 Å². The third-order valence-electron chi connectivity index (χ3n) is 3.04. The minimum absolute atomic E-state index is 0.0911. The predicted molar refractivity (Wildman–Crippen MR) is 60.7 cm³/mol. The Labute approximate surface area is 94.6 Å². The number of carbonyl (C=O) groups is 1. The second kappa shape index (κ2) is 4.08. The Bertz CT molecular complexity index is 389. The Balaban J connectivity index is 1.98. The van der Waals surface area contributed by atoms with E-state index in [4.69, 9.17) is 5.73 Å². The van der Waals surface area contributed by atoms with Gasteiger partial charge in [-0.05, 0) is 30.4 Å². The molecular formula is C11H16N4O. The molecule has 0 aliphatic heterocycles. The summed E-state index contributed by atoms with van der Waals surface area (Å²) in [5.41, 5.74) is 5.77. The van der Waals surface area contributed by atoms with E-state index in [1.165, 1.54) is 6.42 Å². The molecule has 1 fully saturated rings. The van der Waals surface area contributed by atoms with Gasteiger partial charge >= 0.3 is 0 Å². The first kappa shape index (κ1) is 10.9. The summed E-state index contributed by atoms with van der Waals surface area (Å²) in [6, 6.07) is 3.20. The van der Waals surface area contributed by atoms with Crippen LogP contribution in [0.15, 0.2) is 12.1 Å². The molecule has 86 valence electrons. The van der Waals surface area contributed by atoms with E-state index in [0.29, 0.717) is 17.4 Å². The molecule has 1 aliphatic carbocycles. The summed E-state index contributed by atoms with van der Waals surface area (Å²) in [4.78, 5) is 13.6. The van der Waals surface area contributed by atoms with Gasteiger partial charge in [-0.2, -0.15) is 0 Å². The van der Waals surface area contributed by atoms with Gasteiger partial charge in [0.1, 0.15) is 5.82 Å². The lowest BCUT2D eigenvalue weighted by atomic mass is 10.3. The average molecular weight is 220 g/mol. The second-order valence-electron chi connectivity index (χ2n) is 4.50. The zero-order valence-corrected chi connectivity index (χ0v) is 9.55. The van der Waals surface area contributed by atoms with Gasteiger partial charge in [0.15, 0.2) is 5.69 Å². The number of amides is 1. The highest BCUT2D eigenvalue weighted by molar-refractivity contribution is 5.92. The van der Waals surface area contributed by atoms with Crippen molar-refractivity contribution in [2.45, 2.75) is 13.3 Å². The summed E-state index contributed by atoms with van der Waals surface area (Å²) in [5.74, 6) is 1.63. The predicted octanol–water partition coefficient (Wildman–Crippen LogP) is 0.787. The molecule has 1 heterocycles. The highest BCUT2D eigenvalue weighted by atomic mass is 16.2. The van der Waals surface area contributed by atoms with Crippen molar-refractivity contribution in [1.82, 2.24) is 15.1 Å². The summed E-state index contributed by atoms with van der Waals surface area (Å²) in [7, 11) is 1.80. The maximum absolute atomic E-state index is 11.9. The quantitative estimate of drug-likeness (QED) is 0.817. The normalized spacial score (nSPS) is 22.9. The largest absolute Gasteiger partial charge is 0.382 e. The maximum Gasteiger partial charge on any atom is 0.274 e. The molecule has 5 nitrogen and oxygen atoms in total. The molecule has 1 aromatic rings. The van der Waals surface area contributed by atoms with Gasteiger partial charge in [0.2, 0.25) is 0 Å². The highest BCUT2D eigenvalue weighted by Crippen LogP contribution is 2.38. The van der Waals surface area contributed by atoms with Crippen molar-refractivity contribution in [2.75, 3.05) is 19.3 Å². The molecule has 16 heavy (non-hydrogen) atoms. The Kier molecular flexibility index (Phi) is 2.77. The van der Waals surface area contributed by atoms with Crippen molar-refractivity contribution >= 4 is 11.7 Å². The molecule has 2 unspecified atom stereocenters. The third-order valence-corrected chi connectivity index (χ3v) is 3.04. The minimum Gasteiger partial charge on any atom is -0.382 e. The number of hydrogen-bond acceptors (Lipinski definition) is 4. The monoisotopic (exact) mass is 220 g/mol. The van der Waals surface area contributed by atoms with E-state index in [0.717, 1.165) is 12.5 Å². The van der Waals surface area contributed by atoms with Crippen LogP contribution < -0.4 is 5.73 Å². The number of rotatable bonds is 3. The van der Waals surface area contributed by atoms with Gasteiger partial charge in [-0.15, -0.1) is 10.2 Å². The van der Waals surface area contributed by atoms with E-state index in [-0.39, 0.29) is 5.91 Å². The summed E-state index contributed by atoms with van der Waals surface area (Å²) in [6.07, 6.45) is 1.21. The van der Waals surface area contributed by atoms with Crippen molar-refractivity contribution in [3.63, 3.8) is 0 Å². The molecule has 0 bridgehead atoms. The Morgan fingerprint density at radius 1 is 1.56 bits per heavy atom. The zero-order chi connectivity index (χ0) is 11.7. The fourth-order valence-electron chi connectivity index (χ4n) is 1.74. The lowest BCUT2D eigenvalue weighted by molar-refractivity contribution is 0.0780. The molecule has 0 aromatic carbocycles. The van der Waals surface area contributed by atoms with Crippen LogP contribution in [-0.4, -0.2) is 34.6 Å². The summed E-state index contributed by atoms with van der Waals surface area (Å²) < 4.78 is 0. The average Bonchev–Trinajstić information content (AvgIpc) is 2.94. The van der Waals surface area contributed by atoms with E-state index in [1.54, 1.807) is 24.1 Å². The van der Waals surface area contributed by atoms with E-state index in [1.807, 2.05) is 0 Å². The van der Waals surface area contributed by atoms with E-state index >= 15 is 0 Å². The van der Waals surface area contributed by atoms with Crippen molar-refractivity contribution in [1.29, 1.82) is 0 Å². The number of nitrogens with zero attached hydrogens (tertiary/aromatic N) is 3. The number of carbonyl (C=O) groups excluding carboxylic acids is 1. The summed E-state index contributed by atoms with van der Waals surface area (Å²) in [5, 5.41) is 7.45. The standard InChI is InChI=1S/C11H16N4O/c1-7-5-8(7)6-15(2)11(16)9-3-4-10(12)14-13-9/h3-4,7-8H,5-6H2,1-2H3,(H2,12,14).